The van der Waals surface area contributed by atoms with Crippen molar-refractivity contribution in [2.75, 3.05) is 7.05 Å². The molecule has 1 aromatic rings. The highest BCUT2D eigenvalue weighted by atomic mass is 16.5. The minimum atomic E-state index is 0.415. The van der Waals surface area contributed by atoms with Gasteiger partial charge in [-0.3, -0.25) is 0 Å². The van der Waals surface area contributed by atoms with Crippen molar-refractivity contribution in [3.63, 3.8) is 0 Å². The average Bonchev–Trinajstić information content (AvgIpc) is 2.96. The van der Waals surface area contributed by atoms with Crippen LogP contribution >= 0.6 is 0 Å². The summed E-state index contributed by atoms with van der Waals surface area (Å²) in [5.41, 5.74) is 1.79. The maximum Gasteiger partial charge on any atom is 0.119 e. The monoisotopic (exact) mass is 259 g/mol. The van der Waals surface area contributed by atoms with Gasteiger partial charge in [-0.1, -0.05) is 31.9 Å². The molecule has 2 nitrogen and oxygen atoms in total. The van der Waals surface area contributed by atoms with Crippen LogP contribution in [0.15, 0.2) is 24.3 Å². The van der Waals surface area contributed by atoms with Crippen LogP contribution in [0.25, 0.3) is 0 Å². The second-order valence-electron chi connectivity index (χ2n) is 6.12. The predicted molar refractivity (Wildman–Crippen MR) is 78.6 cm³/mol. The Balaban J connectivity index is 1.69. The van der Waals surface area contributed by atoms with Gasteiger partial charge >= 0.3 is 0 Å². The van der Waals surface area contributed by atoms with Crippen molar-refractivity contribution in [3.8, 4) is 5.75 Å². The Morgan fingerprint density at radius 3 is 2.47 bits per heavy atom. The van der Waals surface area contributed by atoms with E-state index in [2.05, 4.69) is 43.6 Å². The van der Waals surface area contributed by atoms with E-state index < -0.39 is 0 Å². The summed E-state index contributed by atoms with van der Waals surface area (Å²) in [5, 5.41) is 3.49. The molecule has 104 valence electrons. The normalized spacial score (nSPS) is 28.3. The van der Waals surface area contributed by atoms with Gasteiger partial charge in [-0.2, -0.15) is 0 Å². The Morgan fingerprint density at radius 1 is 1.21 bits per heavy atom. The Kier molecular flexibility index (Phi) is 3.53. The van der Waals surface area contributed by atoms with Gasteiger partial charge in [0.2, 0.25) is 0 Å². The Bertz CT molecular complexity index is 419. The molecule has 0 amide bonds. The van der Waals surface area contributed by atoms with Crippen LogP contribution in [0.3, 0.4) is 0 Å². The van der Waals surface area contributed by atoms with E-state index in [1.165, 1.54) is 31.2 Å². The lowest BCUT2D eigenvalue weighted by Crippen LogP contribution is -2.63. The molecule has 2 heteroatoms. The van der Waals surface area contributed by atoms with Gasteiger partial charge in [0.05, 0.1) is 0 Å². The second-order valence-corrected chi connectivity index (χ2v) is 6.12. The lowest BCUT2D eigenvalue weighted by Gasteiger charge is -2.53. The molecule has 0 heterocycles. The summed E-state index contributed by atoms with van der Waals surface area (Å²) >= 11 is 0. The van der Waals surface area contributed by atoms with Gasteiger partial charge in [0, 0.05) is 17.9 Å². The van der Waals surface area contributed by atoms with Crippen molar-refractivity contribution in [2.45, 2.75) is 57.6 Å². The molecule has 1 N–H and O–H groups in total. The molecule has 19 heavy (non-hydrogen) atoms. The van der Waals surface area contributed by atoms with E-state index in [1.807, 2.05) is 0 Å². The van der Waals surface area contributed by atoms with Crippen LogP contribution in [0.4, 0.5) is 0 Å². The highest BCUT2D eigenvalue weighted by Crippen LogP contribution is 2.54. The maximum atomic E-state index is 6.28. The van der Waals surface area contributed by atoms with E-state index in [-0.39, 0.29) is 0 Å². The summed E-state index contributed by atoms with van der Waals surface area (Å²) in [6.07, 6.45) is 8.06. The molecule has 1 spiro atoms. The predicted octanol–water partition coefficient (Wildman–Crippen LogP) is 3.55. The fourth-order valence-corrected chi connectivity index (χ4v) is 3.99. The quantitative estimate of drug-likeness (QED) is 0.893. The Morgan fingerprint density at radius 2 is 1.89 bits per heavy atom. The molecule has 0 bridgehead atoms. The number of hydrogen-bond acceptors (Lipinski definition) is 2. The molecule has 2 unspecified atom stereocenters. The van der Waals surface area contributed by atoms with E-state index in [9.17, 15) is 0 Å². The van der Waals surface area contributed by atoms with E-state index >= 15 is 0 Å². The molecule has 2 aliphatic carbocycles. The van der Waals surface area contributed by atoms with E-state index in [4.69, 9.17) is 4.74 Å². The van der Waals surface area contributed by atoms with Gasteiger partial charge in [0.15, 0.2) is 0 Å². The zero-order valence-electron chi connectivity index (χ0n) is 12.1. The lowest BCUT2D eigenvalue weighted by molar-refractivity contribution is -0.0736. The van der Waals surface area contributed by atoms with Gasteiger partial charge in [-0.15, -0.1) is 0 Å². The molecule has 2 fully saturated rings. The number of benzene rings is 1. The molecule has 1 aromatic carbocycles. The number of hydrogen-bond donors (Lipinski definition) is 1. The fourth-order valence-electron chi connectivity index (χ4n) is 3.99. The van der Waals surface area contributed by atoms with Crippen molar-refractivity contribution in [3.05, 3.63) is 29.8 Å². The van der Waals surface area contributed by atoms with Crippen molar-refractivity contribution >= 4 is 0 Å². The van der Waals surface area contributed by atoms with Crippen molar-refractivity contribution in [2.24, 2.45) is 5.41 Å². The third-order valence-electron chi connectivity index (χ3n) is 5.28. The lowest BCUT2D eigenvalue weighted by atomic mass is 9.60. The van der Waals surface area contributed by atoms with Crippen molar-refractivity contribution in [1.29, 1.82) is 0 Å². The molecule has 2 saturated carbocycles. The van der Waals surface area contributed by atoms with Crippen LogP contribution in [0, 0.1) is 5.41 Å². The summed E-state index contributed by atoms with van der Waals surface area (Å²) in [6.45, 7) is 2.19. The molecule has 0 radical (unpaired) electrons. The fraction of sp³-hybridized carbons (Fsp3) is 0.647. The zero-order chi connectivity index (χ0) is 13.3. The first-order valence-corrected chi connectivity index (χ1v) is 7.71. The highest BCUT2D eigenvalue weighted by molar-refractivity contribution is 5.28. The smallest absolute Gasteiger partial charge is 0.119 e. The van der Waals surface area contributed by atoms with Crippen molar-refractivity contribution < 1.29 is 4.74 Å². The third-order valence-corrected chi connectivity index (χ3v) is 5.28. The third kappa shape index (κ3) is 2.16. The Hall–Kier alpha value is -1.02. The minimum Gasteiger partial charge on any atom is -0.490 e. The minimum absolute atomic E-state index is 0.415. The molecule has 2 atom stereocenters. The molecule has 2 aliphatic rings. The molecule has 3 rings (SSSR count). The number of aryl methyl sites for hydroxylation is 1. The molecule has 0 aromatic heterocycles. The van der Waals surface area contributed by atoms with Crippen molar-refractivity contribution in [1.82, 2.24) is 5.32 Å². The van der Waals surface area contributed by atoms with Crippen LogP contribution in [-0.2, 0) is 6.42 Å². The summed E-state index contributed by atoms with van der Waals surface area (Å²) < 4.78 is 6.28. The molecular weight excluding hydrogens is 234 g/mol. The number of nitrogens with one attached hydrogen (secondary N) is 1. The van der Waals surface area contributed by atoms with Gasteiger partial charge in [-0.05, 0) is 44.0 Å². The van der Waals surface area contributed by atoms with Crippen LogP contribution in [0.2, 0.25) is 0 Å². The first-order valence-electron chi connectivity index (χ1n) is 7.71. The topological polar surface area (TPSA) is 21.3 Å². The van der Waals surface area contributed by atoms with Gasteiger partial charge in [0.1, 0.15) is 11.9 Å². The Labute approximate surface area is 116 Å². The average molecular weight is 259 g/mol. The number of rotatable bonds is 4. The molecule has 0 aliphatic heterocycles. The molecule has 0 saturated heterocycles. The second kappa shape index (κ2) is 5.16. The largest absolute Gasteiger partial charge is 0.490 e. The summed E-state index contributed by atoms with van der Waals surface area (Å²) in [4.78, 5) is 0. The zero-order valence-corrected chi connectivity index (χ0v) is 12.1. The summed E-state index contributed by atoms with van der Waals surface area (Å²) in [6, 6.07) is 9.30. The highest BCUT2D eigenvalue weighted by Gasteiger charge is 2.56. The first-order chi connectivity index (χ1) is 9.28. The molecular formula is C17H25NO. The number of ether oxygens (including phenoxy) is 1. The van der Waals surface area contributed by atoms with E-state index in [0.717, 1.165) is 18.6 Å². The maximum absolute atomic E-state index is 6.28. The van der Waals surface area contributed by atoms with Crippen LogP contribution in [-0.4, -0.2) is 19.2 Å². The SMILES string of the molecule is CCc1ccc(OC2CC(NC)C23CCCC3)cc1. The van der Waals surface area contributed by atoms with E-state index in [0.29, 0.717) is 17.6 Å². The standard InChI is InChI=1S/C17H25NO/c1-3-13-6-8-14(9-7-13)19-16-12-15(18-2)17(16)10-4-5-11-17/h6-9,15-16,18H,3-5,10-12H2,1-2H3. The van der Waals surface area contributed by atoms with Gasteiger partial charge in [0.25, 0.3) is 0 Å². The van der Waals surface area contributed by atoms with Gasteiger partial charge < -0.3 is 10.1 Å². The van der Waals surface area contributed by atoms with E-state index in [1.54, 1.807) is 0 Å². The summed E-state index contributed by atoms with van der Waals surface area (Å²) in [7, 11) is 2.09. The van der Waals surface area contributed by atoms with Gasteiger partial charge in [-0.25, -0.2) is 0 Å². The van der Waals surface area contributed by atoms with Crippen LogP contribution in [0.1, 0.15) is 44.6 Å². The summed E-state index contributed by atoms with van der Waals surface area (Å²) in [5.74, 6) is 1.04. The first kappa shape index (κ1) is 13.0. The van der Waals surface area contributed by atoms with Crippen LogP contribution < -0.4 is 10.1 Å². The van der Waals surface area contributed by atoms with Crippen LogP contribution in [0.5, 0.6) is 5.75 Å².